The van der Waals surface area contributed by atoms with Crippen molar-refractivity contribution < 1.29 is 19.2 Å². The smallest absolute Gasteiger partial charge is 0.454 e. The number of rotatable bonds is 8. The van der Waals surface area contributed by atoms with Crippen molar-refractivity contribution in [3.63, 3.8) is 0 Å². The average molecular weight is 369 g/mol. The first-order valence-corrected chi connectivity index (χ1v) is 11.5. The molecule has 0 atom stereocenters. The van der Waals surface area contributed by atoms with Gasteiger partial charge < -0.3 is 19.2 Å². The first-order valence-electron chi connectivity index (χ1n) is 9.22. The Kier molecular flexibility index (Phi) is 6.77. The Hall–Kier alpha value is -0.628. The van der Waals surface area contributed by atoms with Crippen LogP contribution in [-0.2, 0) is 4.65 Å². The van der Waals surface area contributed by atoms with Gasteiger partial charge in [0.25, 0.3) is 0 Å². The van der Waals surface area contributed by atoms with Crippen LogP contribution in [0.25, 0.3) is 0 Å². The molecule has 2 N–H and O–H groups in total. The lowest BCUT2D eigenvalue weighted by Crippen LogP contribution is -2.57. The summed E-state index contributed by atoms with van der Waals surface area (Å²) in [6.07, 6.45) is 1.56. The van der Waals surface area contributed by atoms with Crippen molar-refractivity contribution in [3.8, 4) is 0 Å². The maximum atomic E-state index is 10.5. The summed E-state index contributed by atoms with van der Waals surface area (Å²) in [4.78, 5) is 4.56. The van der Waals surface area contributed by atoms with Gasteiger partial charge >= 0.3 is 7.12 Å². The van der Waals surface area contributed by atoms with Crippen LogP contribution < -0.4 is 11.2 Å². The van der Waals surface area contributed by atoms with E-state index in [4.69, 9.17) is 9.07 Å². The van der Waals surface area contributed by atoms with E-state index in [-0.39, 0.29) is 0 Å². The molecule has 0 saturated heterocycles. The van der Waals surface area contributed by atoms with Crippen LogP contribution in [0, 0.1) is 0 Å². The second kappa shape index (κ2) is 7.55. The molecular formula is C18H36BNO4Si. The highest BCUT2D eigenvalue weighted by Crippen LogP contribution is 2.40. The summed E-state index contributed by atoms with van der Waals surface area (Å²) in [7, 11) is -3.28. The first-order chi connectivity index (χ1) is 11.2. The SMILES string of the molecule is CC(C)[Si](c1ncc(B(O)OC(C)(C)C(C)(C)O)o1)(C(C)C)C(C)C. The van der Waals surface area contributed by atoms with Gasteiger partial charge in [-0.3, -0.25) is 0 Å². The fourth-order valence-electron chi connectivity index (χ4n) is 3.82. The number of aromatic nitrogens is 1. The van der Waals surface area contributed by atoms with Gasteiger partial charge in [-0.1, -0.05) is 41.5 Å². The molecule has 0 fully saturated rings. The van der Waals surface area contributed by atoms with Gasteiger partial charge in [-0.15, -0.1) is 0 Å². The highest BCUT2D eigenvalue weighted by Gasteiger charge is 2.49. The fraction of sp³-hybridized carbons (Fsp3) is 0.833. The molecule has 1 aromatic rings. The minimum atomic E-state index is -2.02. The van der Waals surface area contributed by atoms with Gasteiger partial charge in [0.15, 0.2) is 19.2 Å². The zero-order valence-electron chi connectivity index (χ0n) is 17.5. The summed E-state index contributed by atoms with van der Waals surface area (Å²) in [6, 6.07) is 0. The fourth-order valence-corrected chi connectivity index (χ4v) is 9.89. The number of aliphatic hydroxyl groups is 1. The van der Waals surface area contributed by atoms with Crippen molar-refractivity contribution in [2.24, 2.45) is 0 Å². The average Bonchev–Trinajstić information content (AvgIpc) is 2.85. The molecule has 0 aliphatic heterocycles. The van der Waals surface area contributed by atoms with E-state index < -0.39 is 26.4 Å². The number of oxazole rings is 1. The minimum absolute atomic E-state index is 0.297. The third-order valence-corrected chi connectivity index (χ3v) is 12.6. The Bertz CT molecular complexity index is 542. The molecule has 144 valence electrons. The molecule has 7 heteroatoms. The van der Waals surface area contributed by atoms with Crippen LogP contribution in [0.2, 0.25) is 16.6 Å². The summed E-state index contributed by atoms with van der Waals surface area (Å²) in [5, 5.41) is 20.7. The Labute approximate surface area is 154 Å². The molecule has 5 nitrogen and oxygen atoms in total. The lowest BCUT2D eigenvalue weighted by atomic mass is 9.81. The van der Waals surface area contributed by atoms with Gasteiger partial charge in [-0.05, 0) is 44.3 Å². The summed E-state index contributed by atoms with van der Waals surface area (Å²) in [5.74, 6) is 0. The summed E-state index contributed by atoms with van der Waals surface area (Å²) in [5.41, 5.74) is 0.405. The number of hydrogen-bond donors (Lipinski definition) is 2. The van der Waals surface area contributed by atoms with Crippen LogP contribution in [0.1, 0.15) is 69.2 Å². The monoisotopic (exact) mass is 369 g/mol. The molecule has 0 saturated carbocycles. The highest BCUT2D eigenvalue weighted by atomic mass is 28.3. The lowest BCUT2D eigenvalue weighted by molar-refractivity contribution is -0.0986. The van der Waals surface area contributed by atoms with Gasteiger partial charge in [0.2, 0.25) is 0 Å². The van der Waals surface area contributed by atoms with E-state index in [1.807, 2.05) is 0 Å². The van der Waals surface area contributed by atoms with Crippen LogP contribution in [0.4, 0.5) is 0 Å². The van der Waals surface area contributed by atoms with Crippen molar-refractivity contribution in [1.29, 1.82) is 0 Å². The lowest BCUT2D eigenvalue weighted by Gasteiger charge is -2.39. The predicted octanol–water partition coefficient (Wildman–Crippen LogP) is 2.81. The molecule has 0 aliphatic rings. The normalized spacial score (nSPS) is 14.0. The topological polar surface area (TPSA) is 75.7 Å². The predicted molar refractivity (Wildman–Crippen MR) is 106 cm³/mol. The van der Waals surface area contributed by atoms with E-state index in [0.29, 0.717) is 22.3 Å². The second-order valence-electron chi connectivity index (χ2n) is 9.00. The van der Waals surface area contributed by atoms with Crippen LogP contribution in [0.3, 0.4) is 0 Å². The van der Waals surface area contributed by atoms with E-state index in [1.54, 1.807) is 33.9 Å². The van der Waals surface area contributed by atoms with E-state index in [9.17, 15) is 10.1 Å². The molecule has 25 heavy (non-hydrogen) atoms. The third-order valence-electron chi connectivity index (χ3n) is 5.88. The summed E-state index contributed by atoms with van der Waals surface area (Å²) in [6.45, 7) is 20.2. The van der Waals surface area contributed by atoms with Crippen molar-refractivity contribution in [1.82, 2.24) is 4.98 Å². The molecule has 1 rings (SSSR count). The number of hydrogen-bond acceptors (Lipinski definition) is 5. The largest absolute Gasteiger partial charge is 0.531 e. The summed E-state index contributed by atoms with van der Waals surface area (Å²) >= 11 is 0. The van der Waals surface area contributed by atoms with E-state index in [0.717, 1.165) is 5.51 Å². The van der Waals surface area contributed by atoms with Crippen molar-refractivity contribution in [2.45, 2.75) is 97.1 Å². The first kappa shape index (κ1) is 22.4. The van der Waals surface area contributed by atoms with E-state index in [1.165, 1.54) is 0 Å². The van der Waals surface area contributed by atoms with Crippen molar-refractivity contribution in [2.75, 3.05) is 0 Å². The molecule has 0 bridgehead atoms. The van der Waals surface area contributed by atoms with Crippen molar-refractivity contribution in [3.05, 3.63) is 6.20 Å². The van der Waals surface area contributed by atoms with Gasteiger partial charge in [-0.2, -0.15) is 0 Å². The molecule has 1 heterocycles. The maximum absolute atomic E-state index is 10.5. The molecule has 0 spiro atoms. The van der Waals surface area contributed by atoms with Crippen molar-refractivity contribution >= 4 is 26.4 Å². The number of nitrogens with zero attached hydrogens (tertiary/aromatic N) is 1. The maximum Gasteiger partial charge on any atom is 0.531 e. The Balaban J connectivity index is 3.20. The van der Waals surface area contributed by atoms with E-state index in [2.05, 4.69) is 46.5 Å². The minimum Gasteiger partial charge on any atom is -0.454 e. The molecule has 1 aromatic heterocycles. The van der Waals surface area contributed by atoms with Crippen LogP contribution in [0.15, 0.2) is 10.6 Å². The van der Waals surface area contributed by atoms with Gasteiger partial charge in [0, 0.05) is 0 Å². The Morgan fingerprint density at radius 1 is 1.04 bits per heavy atom. The van der Waals surface area contributed by atoms with Crippen LogP contribution in [-0.4, -0.2) is 41.5 Å². The Morgan fingerprint density at radius 2 is 1.48 bits per heavy atom. The summed E-state index contributed by atoms with van der Waals surface area (Å²) < 4.78 is 11.7. The van der Waals surface area contributed by atoms with Crippen LogP contribution >= 0.6 is 0 Å². The molecule has 0 unspecified atom stereocenters. The molecule has 0 amide bonds. The quantitative estimate of drug-likeness (QED) is 0.689. The molecule has 0 aliphatic carbocycles. The van der Waals surface area contributed by atoms with E-state index >= 15 is 0 Å². The highest BCUT2D eigenvalue weighted by molar-refractivity contribution is 6.93. The van der Waals surface area contributed by atoms with Gasteiger partial charge in [0.1, 0.15) is 0 Å². The zero-order valence-corrected chi connectivity index (χ0v) is 18.5. The molecule has 0 radical (unpaired) electrons. The van der Waals surface area contributed by atoms with Crippen LogP contribution in [0.5, 0.6) is 0 Å². The van der Waals surface area contributed by atoms with Gasteiger partial charge in [0.05, 0.1) is 17.4 Å². The van der Waals surface area contributed by atoms with Gasteiger partial charge in [-0.25, -0.2) is 4.98 Å². The molecular weight excluding hydrogens is 333 g/mol. The second-order valence-corrected chi connectivity index (χ2v) is 14.8. The Morgan fingerprint density at radius 3 is 1.84 bits per heavy atom. The third kappa shape index (κ3) is 4.21. The molecule has 0 aromatic carbocycles. The standard InChI is InChI=1S/C18H36BNO4Si/c1-12(2)25(13(3)4,14(5)6)16-20-11-15(23-16)19(22)24-18(9,10)17(7,8)21/h11-14,21-22H,1-10H3. The zero-order chi connectivity index (χ0) is 19.8.